The second-order valence-corrected chi connectivity index (χ2v) is 5.73. The first-order valence-corrected chi connectivity index (χ1v) is 7.66. The number of hydrogen-bond acceptors (Lipinski definition) is 4. The van der Waals surface area contributed by atoms with Crippen molar-refractivity contribution in [3.8, 4) is 6.07 Å². The first-order valence-electron chi connectivity index (χ1n) is 7.66. The van der Waals surface area contributed by atoms with Crippen molar-refractivity contribution in [3.63, 3.8) is 0 Å². The monoisotopic (exact) mass is 311 g/mol. The molecular formula is C18H18FN3O. The lowest BCUT2D eigenvalue weighted by Crippen LogP contribution is -2.23. The molecule has 23 heavy (non-hydrogen) atoms. The largest absolute Gasteiger partial charge is 0.372 e. The Balaban J connectivity index is 1.51. The van der Waals surface area contributed by atoms with E-state index >= 15 is 0 Å². The van der Waals surface area contributed by atoms with Crippen LogP contribution in [-0.2, 0) is 17.9 Å². The second-order valence-electron chi connectivity index (χ2n) is 5.73. The van der Waals surface area contributed by atoms with Gasteiger partial charge in [-0.2, -0.15) is 5.26 Å². The highest BCUT2D eigenvalue weighted by Crippen LogP contribution is 2.19. The molecule has 0 saturated carbocycles. The Morgan fingerprint density at radius 3 is 2.87 bits per heavy atom. The summed E-state index contributed by atoms with van der Waals surface area (Å²) in [4.78, 5) is 6.17. The van der Waals surface area contributed by atoms with Gasteiger partial charge < -0.3 is 4.74 Å². The highest BCUT2D eigenvalue weighted by Gasteiger charge is 2.23. The van der Waals surface area contributed by atoms with Gasteiger partial charge in [0.15, 0.2) is 0 Å². The molecule has 1 aromatic carbocycles. The first kappa shape index (κ1) is 15.6. The predicted octanol–water partition coefficient (Wildman–Crippen LogP) is 2.88. The Morgan fingerprint density at radius 2 is 2.13 bits per heavy atom. The quantitative estimate of drug-likeness (QED) is 0.852. The molecule has 0 radical (unpaired) electrons. The average molecular weight is 311 g/mol. The molecule has 1 atom stereocenters. The molecular weight excluding hydrogens is 293 g/mol. The van der Waals surface area contributed by atoms with Crippen molar-refractivity contribution in [1.29, 1.82) is 5.26 Å². The molecule has 2 heterocycles. The van der Waals surface area contributed by atoms with Crippen LogP contribution in [0.2, 0.25) is 0 Å². The van der Waals surface area contributed by atoms with Gasteiger partial charge in [-0.05, 0) is 36.2 Å². The van der Waals surface area contributed by atoms with E-state index in [1.54, 1.807) is 24.5 Å². The molecule has 0 bridgehead atoms. The van der Waals surface area contributed by atoms with Crippen LogP contribution in [0.5, 0.6) is 0 Å². The highest BCUT2D eigenvalue weighted by molar-refractivity contribution is 5.32. The molecule has 2 aromatic rings. The summed E-state index contributed by atoms with van der Waals surface area (Å²) in [5, 5.41) is 8.78. The normalized spacial score (nSPS) is 18.0. The summed E-state index contributed by atoms with van der Waals surface area (Å²) in [7, 11) is 0. The van der Waals surface area contributed by atoms with Crippen molar-refractivity contribution in [2.24, 2.45) is 0 Å². The number of nitrogens with zero attached hydrogens (tertiary/aromatic N) is 3. The molecule has 1 aromatic heterocycles. The fourth-order valence-corrected chi connectivity index (χ4v) is 2.76. The molecule has 0 spiro atoms. The number of halogens is 1. The summed E-state index contributed by atoms with van der Waals surface area (Å²) >= 11 is 0. The zero-order valence-corrected chi connectivity index (χ0v) is 12.8. The van der Waals surface area contributed by atoms with Crippen LogP contribution < -0.4 is 0 Å². The standard InChI is InChI=1S/C18H18FN3O/c19-18-9-15(10-20)1-2-16(18)11-22-8-5-17(12-22)23-13-14-3-6-21-7-4-14/h1-4,6-7,9,17H,5,8,11-13H2. The summed E-state index contributed by atoms with van der Waals surface area (Å²) in [6, 6.07) is 10.5. The van der Waals surface area contributed by atoms with Gasteiger partial charge in [0.1, 0.15) is 5.82 Å². The maximum absolute atomic E-state index is 13.9. The Bertz CT molecular complexity index is 699. The highest BCUT2D eigenvalue weighted by atomic mass is 19.1. The molecule has 0 N–H and O–H groups in total. The van der Waals surface area contributed by atoms with Crippen molar-refractivity contribution in [1.82, 2.24) is 9.88 Å². The van der Waals surface area contributed by atoms with Gasteiger partial charge in [0.05, 0.1) is 24.3 Å². The molecule has 5 heteroatoms. The van der Waals surface area contributed by atoms with Crippen molar-refractivity contribution >= 4 is 0 Å². The zero-order valence-electron chi connectivity index (χ0n) is 12.8. The maximum atomic E-state index is 13.9. The third-order valence-corrected chi connectivity index (χ3v) is 4.04. The van der Waals surface area contributed by atoms with E-state index in [1.807, 2.05) is 18.2 Å². The molecule has 1 saturated heterocycles. The number of aromatic nitrogens is 1. The molecule has 3 rings (SSSR count). The number of rotatable bonds is 5. The van der Waals surface area contributed by atoms with Crippen molar-refractivity contribution in [2.75, 3.05) is 13.1 Å². The van der Waals surface area contributed by atoms with Crippen LogP contribution in [0.15, 0.2) is 42.7 Å². The molecule has 0 aliphatic carbocycles. The molecule has 1 fully saturated rings. The lowest BCUT2D eigenvalue weighted by atomic mass is 10.1. The van der Waals surface area contributed by atoms with Crippen molar-refractivity contribution in [3.05, 3.63) is 65.2 Å². The number of pyridine rings is 1. The third kappa shape index (κ3) is 4.13. The topological polar surface area (TPSA) is 49.2 Å². The van der Waals surface area contributed by atoms with Crippen LogP contribution in [0.4, 0.5) is 4.39 Å². The number of likely N-dealkylation sites (tertiary alicyclic amines) is 1. The predicted molar refractivity (Wildman–Crippen MR) is 83.8 cm³/mol. The van der Waals surface area contributed by atoms with Gasteiger partial charge in [-0.3, -0.25) is 9.88 Å². The minimum atomic E-state index is -0.315. The summed E-state index contributed by atoms with van der Waals surface area (Å²) in [6.45, 7) is 2.81. The smallest absolute Gasteiger partial charge is 0.129 e. The van der Waals surface area contributed by atoms with Gasteiger partial charge in [-0.1, -0.05) is 6.07 Å². The Kier molecular flexibility index (Phi) is 4.96. The van der Waals surface area contributed by atoms with E-state index in [-0.39, 0.29) is 11.9 Å². The van der Waals surface area contributed by atoms with Crippen LogP contribution in [0.25, 0.3) is 0 Å². The number of benzene rings is 1. The minimum Gasteiger partial charge on any atom is -0.372 e. The fraction of sp³-hybridized carbons (Fsp3) is 0.333. The van der Waals surface area contributed by atoms with Crippen LogP contribution in [0, 0.1) is 17.1 Å². The molecule has 4 nitrogen and oxygen atoms in total. The summed E-state index contributed by atoms with van der Waals surface area (Å²) in [5.41, 5.74) is 2.08. The Labute approximate surface area is 135 Å². The van der Waals surface area contributed by atoms with Crippen LogP contribution >= 0.6 is 0 Å². The van der Waals surface area contributed by atoms with Crippen LogP contribution in [-0.4, -0.2) is 29.1 Å². The van der Waals surface area contributed by atoms with E-state index in [4.69, 9.17) is 10.00 Å². The second kappa shape index (κ2) is 7.32. The van der Waals surface area contributed by atoms with E-state index in [2.05, 4.69) is 9.88 Å². The fourth-order valence-electron chi connectivity index (χ4n) is 2.76. The number of hydrogen-bond donors (Lipinski definition) is 0. The summed E-state index contributed by atoms with van der Waals surface area (Å²) in [6.07, 6.45) is 4.63. The Morgan fingerprint density at radius 1 is 1.30 bits per heavy atom. The average Bonchev–Trinajstić information content (AvgIpc) is 3.03. The lowest BCUT2D eigenvalue weighted by molar-refractivity contribution is 0.0460. The van der Waals surface area contributed by atoms with Gasteiger partial charge in [0.2, 0.25) is 0 Å². The SMILES string of the molecule is N#Cc1ccc(CN2CCC(OCc3ccncc3)C2)c(F)c1. The number of ether oxygens (including phenoxy) is 1. The van der Waals surface area contributed by atoms with Crippen LogP contribution in [0.1, 0.15) is 23.1 Å². The summed E-state index contributed by atoms with van der Waals surface area (Å²) in [5.74, 6) is -0.315. The molecule has 118 valence electrons. The molecule has 1 unspecified atom stereocenters. The third-order valence-electron chi connectivity index (χ3n) is 4.04. The van der Waals surface area contributed by atoms with Gasteiger partial charge >= 0.3 is 0 Å². The first-order chi connectivity index (χ1) is 11.2. The van der Waals surface area contributed by atoms with E-state index in [0.29, 0.717) is 24.3 Å². The molecule has 0 amide bonds. The summed E-state index contributed by atoms with van der Waals surface area (Å²) < 4.78 is 19.9. The van der Waals surface area contributed by atoms with E-state index in [0.717, 1.165) is 25.1 Å². The van der Waals surface area contributed by atoms with Crippen molar-refractivity contribution < 1.29 is 9.13 Å². The molecule has 1 aliphatic heterocycles. The zero-order chi connectivity index (χ0) is 16.1. The van der Waals surface area contributed by atoms with E-state index in [1.165, 1.54) is 6.07 Å². The van der Waals surface area contributed by atoms with Gasteiger partial charge in [-0.15, -0.1) is 0 Å². The molecule has 1 aliphatic rings. The number of nitriles is 1. The van der Waals surface area contributed by atoms with Gasteiger partial charge in [-0.25, -0.2) is 4.39 Å². The van der Waals surface area contributed by atoms with Crippen LogP contribution in [0.3, 0.4) is 0 Å². The van der Waals surface area contributed by atoms with E-state index in [9.17, 15) is 4.39 Å². The van der Waals surface area contributed by atoms with Gasteiger partial charge in [0, 0.05) is 37.6 Å². The minimum absolute atomic E-state index is 0.171. The lowest BCUT2D eigenvalue weighted by Gasteiger charge is -2.17. The van der Waals surface area contributed by atoms with Gasteiger partial charge in [0.25, 0.3) is 0 Å². The maximum Gasteiger partial charge on any atom is 0.129 e. The van der Waals surface area contributed by atoms with Crippen molar-refractivity contribution in [2.45, 2.75) is 25.7 Å². The Hall–Kier alpha value is -2.29. The van der Waals surface area contributed by atoms with E-state index < -0.39 is 0 Å².